The minimum Gasteiger partial charge on any atom is -0.243 e. The molecule has 0 amide bonds. The second kappa shape index (κ2) is 4.75. The molecule has 1 N–H and O–H groups in total. The topological polar surface area (TPSA) is 59.1 Å². The molecule has 0 radical (unpaired) electrons. The van der Waals surface area contributed by atoms with Crippen molar-refractivity contribution in [3.05, 3.63) is 23.4 Å². The molecule has 8 heteroatoms. The largest absolute Gasteiger partial charge is 0.419 e. The Hall–Kier alpha value is -1.15. The molecule has 1 rings (SSSR count). The lowest BCUT2D eigenvalue weighted by Crippen LogP contribution is -2.41. The standard InChI is InChI=1S/C11H15F3N2O2S/c1-7-5-8(11(12,13)14)9(15-6-7)19(17,18)16-10(2,3)4/h5-6,16H,1-4H3. The van der Waals surface area contributed by atoms with Gasteiger partial charge in [0.05, 0.1) is 5.56 Å². The third-order valence-electron chi connectivity index (χ3n) is 1.99. The maximum absolute atomic E-state index is 12.9. The van der Waals surface area contributed by atoms with E-state index >= 15 is 0 Å². The van der Waals surface area contributed by atoms with Gasteiger partial charge in [0, 0.05) is 11.7 Å². The zero-order valence-corrected chi connectivity index (χ0v) is 11.8. The zero-order chi connectivity index (χ0) is 15.1. The summed E-state index contributed by atoms with van der Waals surface area (Å²) >= 11 is 0. The molecule has 0 atom stereocenters. The molecule has 4 nitrogen and oxygen atoms in total. The van der Waals surface area contributed by atoms with Crippen LogP contribution in [0, 0.1) is 6.92 Å². The summed E-state index contributed by atoms with van der Waals surface area (Å²) in [6, 6.07) is 0.768. The van der Waals surface area contributed by atoms with E-state index in [4.69, 9.17) is 0 Å². The van der Waals surface area contributed by atoms with Crippen molar-refractivity contribution in [3.63, 3.8) is 0 Å². The van der Waals surface area contributed by atoms with E-state index in [1.165, 1.54) is 27.7 Å². The van der Waals surface area contributed by atoms with Crippen molar-refractivity contribution in [2.45, 2.75) is 44.4 Å². The van der Waals surface area contributed by atoms with E-state index in [1.807, 2.05) is 0 Å². The fourth-order valence-corrected chi connectivity index (χ4v) is 2.98. The fraction of sp³-hybridized carbons (Fsp3) is 0.545. The predicted molar refractivity (Wildman–Crippen MR) is 64.1 cm³/mol. The number of nitrogens with zero attached hydrogens (tertiary/aromatic N) is 1. The molecule has 0 saturated carbocycles. The number of sulfonamides is 1. The molecule has 0 aromatic carbocycles. The molecule has 1 aromatic rings. The van der Waals surface area contributed by atoms with Crippen LogP contribution in [0.2, 0.25) is 0 Å². The van der Waals surface area contributed by atoms with Gasteiger partial charge >= 0.3 is 6.18 Å². The number of hydrogen-bond acceptors (Lipinski definition) is 3. The van der Waals surface area contributed by atoms with Crippen LogP contribution in [0.3, 0.4) is 0 Å². The minimum atomic E-state index is -4.78. The smallest absolute Gasteiger partial charge is 0.243 e. The summed E-state index contributed by atoms with van der Waals surface area (Å²) in [5, 5.41) is -1.000. The number of pyridine rings is 1. The van der Waals surface area contributed by atoms with Gasteiger partial charge < -0.3 is 0 Å². The summed E-state index contributed by atoms with van der Waals surface area (Å²) in [6.07, 6.45) is -3.69. The average molecular weight is 296 g/mol. The molecule has 0 fully saturated rings. The number of rotatable bonds is 2. The first-order valence-corrected chi connectivity index (χ1v) is 6.89. The Bertz CT molecular complexity index is 575. The lowest BCUT2D eigenvalue weighted by atomic mass is 10.1. The van der Waals surface area contributed by atoms with Crippen LogP contribution in [0.25, 0.3) is 0 Å². The Balaban J connectivity index is 3.44. The van der Waals surface area contributed by atoms with Crippen LogP contribution >= 0.6 is 0 Å². The molecule has 1 aromatic heterocycles. The van der Waals surface area contributed by atoms with Gasteiger partial charge in [-0.05, 0) is 39.3 Å². The molecule has 0 spiro atoms. The third kappa shape index (κ3) is 4.17. The summed E-state index contributed by atoms with van der Waals surface area (Å²) in [5.74, 6) is 0. The SMILES string of the molecule is Cc1cnc(S(=O)(=O)NC(C)(C)C)c(C(F)(F)F)c1. The summed E-state index contributed by atoms with van der Waals surface area (Å²) < 4.78 is 64.6. The second-order valence-corrected chi connectivity index (χ2v) is 6.82. The summed E-state index contributed by atoms with van der Waals surface area (Å²) in [4.78, 5) is 3.43. The van der Waals surface area contributed by atoms with Gasteiger partial charge in [0.2, 0.25) is 0 Å². The van der Waals surface area contributed by atoms with Crippen LogP contribution in [0.15, 0.2) is 17.3 Å². The van der Waals surface area contributed by atoms with E-state index in [2.05, 4.69) is 9.71 Å². The number of alkyl halides is 3. The van der Waals surface area contributed by atoms with E-state index in [-0.39, 0.29) is 5.56 Å². The lowest BCUT2D eigenvalue weighted by Gasteiger charge is -2.21. The molecule has 19 heavy (non-hydrogen) atoms. The molecule has 0 aliphatic carbocycles. The molecule has 1 heterocycles. The second-order valence-electron chi connectivity index (χ2n) is 5.22. The van der Waals surface area contributed by atoms with Crippen LogP contribution < -0.4 is 4.72 Å². The van der Waals surface area contributed by atoms with Crippen LogP contribution in [0.1, 0.15) is 31.9 Å². The zero-order valence-electron chi connectivity index (χ0n) is 11.0. The van der Waals surface area contributed by atoms with Crippen molar-refractivity contribution < 1.29 is 21.6 Å². The van der Waals surface area contributed by atoms with Gasteiger partial charge in [0.1, 0.15) is 0 Å². The first-order valence-electron chi connectivity index (χ1n) is 5.41. The van der Waals surface area contributed by atoms with Gasteiger partial charge in [-0.2, -0.15) is 13.2 Å². The van der Waals surface area contributed by atoms with Crippen molar-refractivity contribution in [3.8, 4) is 0 Å². The molecule has 0 unspecified atom stereocenters. The number of aromatic nitrogens is 1. The number of aryl methyl sites for hydroxylation is 1. The molecule has 0 aliphatic heterocycles. The number of halogens is 3. The van der Waals surface area contributed by atoms with Crippen molar-refractivity contribution in [1.82, 2.24) is 9.71 Å². The van der Waals surface area contributed by atoms with Gasteiger partial charge in [-0.1, -0.05) is 0 Å². The normalized spacial score (nSPS) is 13.6. The molecular weight excluding hydrogens is 281 g/mol. The van der Waals surface area contributed by atoms with Crippen molar-refractivity contribution in [2.24, 2.45) is 0 Å². The quantitative estimate of drug-likeness (QED) is 0.912. The van der Waals surface area contributed by atoms with E-state index in [0.717, 1.165) is 12.3 Å². The summed E-state index contributed by atoms with van der Waals surface area (Å²) in [6.45, 7) is 6.01. The highest BCUT2D eigenvalue weighted by atomic mass is 32.2. The third-order valence-corrected chi connectivity index (χ3v) is 3.70. The highest BCUT2D eigenvalue weighted by Crippen LogP contribution is 2.33. The Morgan fingerprint density at radius 1 is 1.21 bits per heavy atom. The Kier molecular flexibility index (Phi) is 3.98. The van der Waals surface area contributed by atoms with Crippen molar-refractivity contribution >= 4 is 10.0 Å². The van der Waals surface area contributed by atoms with Crippen molar-refractivity contribution in [1.29, 1.82) is 0 Å². The first kappa shape index (κ1) is 15.9. The average Bonchev–Trinajstić information content (AvgIpc) is 2.11. The van der Waals surface area contributed by atoms with E-state index in [0.29, 0.717) is 0 Å². The highest BCUT2D eigenvalue weighted by Gasteiger charge is 2.39. The molecule has 108 valence electrons. The van der Waals surface area contributed by atoms with Crippen LogP contribution in [0.5, 0.6) is 0 Å². The van der Waals surface area contributed by atoms with Gasteiger partial charge in [-0.25, -0.2) is 18.1 Å². The van der Waals surface area contributed by atoms with Crippen LogP contribution in [0.4, 0.5) is 13.2 Å². The summed E-state index contributed by atoms with van der Waals surface area (Å²) in [7, 11) is -4.33. The highest BCUT2D eigenvalue weighted by molar-refractivity contribution is 7.89. The van der Waals surface area contributed by atoms with Gasteiger partial charge in [0.15, 0.2) is 5.03 Å². The van der Waals surface area contributed by atoms with Gasteiger partial charge in [-0.15, -0.1) is 0 Å². The monoisotopic (exact) mass is 296 g/mol. The van der Waals surface area contributed by atoms with E-state index in [1.54, 1.807) is 0 Å². The fourth-order valence-electron chi connectivity index (χ4n) is 1.43. The lowest BCUT2D eigenvalue weighted by molar-refractivity contribution is -0.140. The van der Waals surface area contributed by atoms with Crippen LogP contribution in [-0.2, 0) is 16.2 Å². The molecule has 0 saturated heterocycles. The predicted octanol–water partition coefficient (Wildman–Crippen LogP) is 2.49. The molecule has 0 bridgehead atoms. The minimum absolute atomic E-state index is 0.238. The maximum atomic E-state index is 12.9. The van der Waals surface area contributed by atoms with Crippen molar-refractivity contribution in [2.75, 3.05) is 0 Å². The maximum Gasteiger partial charge on any atom is 0.419 e. The van der Waals surface area contributed by atoms with Crippen LogP contribution in [-0.4, -0.2) is 18.9 Å². The van der Waals surface area contributed by atoms with Gasteiger partial charge in [0.25, 0.3) is 10.0 Å². The Labute approximate surface area is 110 Å². The molecule has 0 aliphatic rings. The molecular formula is C11H15F3N2O2S. The Morgan fingerprint density at radius 2 is 1.74 bits per heavy atom. The Morgan fingerprint density at radius 3 is 2.16 bits per heavy atom. The van der Waals surface area contributed by atoms with E-state index < -0.39 is 32.3 Å². The van der Waals surface area contributed by atoms with E-state index in [9.17, 15) is 21.6 Å². The first-order chi connectivity index (χ1) is 8.33. The number of hydrogen-bond donors (Lipinski definition) is 1. The number of nitrogens with one attached hydrogen (secondary N) is 1. The summed E-state index contributed by atoms with van der Waals surface area (Å²) in [5.41, 5.74) is -1.92. The van der Waals surface area contributed by atoms with Gasteiger partial charge in [-0.3, -0.25) is 0 Å².